The van der Waals surface area contributed by atoms with E-state index in [1.54, 1.807) is 22.8 Å². The zero-order valence-corrected chi connectivity index (χ0v) is 21.7. The standard InChI is InChI=1S/C25H32N6O9/c32-13-20-17(33)12-21(40-20)31-15-28-22-23(26-14-27-24(22)31)30-25(34)29-16-1-2-18-19(11-16)39-10-8-37-6-4-35-3-5-36-7-9-38-18/h1-2,11,14-15,17,20-21,32-33H,3-10,12-13H2,(H2,26,27,29,30,34)/t17-,20+,21+/m0/s1. The lowest BCUT2D eigenvalue weighted by atomic mass is 10.2. The van der Waals surface area contributed by atoms with Gasteiger partial charge in [-0.1, -0.05) is 0 Å². The number of imidazole rings is 1. The number of aliphatic hydroxyl groups excluding tert-OH is 2. The molecule has 0 spiro atoms. The van der Waals surface area contributed by atoms with Crippen molar-refractivity contribution in [2.24, 2.45) is 0 Å². The molecular weight excluding hydrogens is 528 g/mol. The highest BCUT2D eigenvalue weighted by Gasteiger charge is 2.35. The molecule has 2 aromatic heterocycles. The van der Waals surface area contributed by atoms with Crippen molar-refractivity contribution < 1.29 is 43.4 Å². The van der Waals surface area contributed by atoms with Crippen LogP contribution in [0.5, 0.6) is 11.5 Å². The number of benzene rings is 1. The fraction of sp³-hybridized carbons (Fsp3) is 0.520. The molecule has 3 atom stereocenters. The molecule has 0 radical (unpaired) electrons. The van der Waals surface area contributed by atoms with Gasteiger partial charge in [-0.15, -0.1) is 0 Å². The molecule has 1 fully saturated rings. The largest absolute Gasteiger partial charge is 0.487 e. The van der Waals surface area contributed by atoms with Gasteiger partial charge >= 0.3 is 6.03 Å². The van der Waals surface area contributed by atoms with Gasteiger partial charge in [0, 0.05) is 18.2 Å². The van der Waals surface area contributed by atoms with Gasteiger partial charge in [0.15, 0.2) is 28.5 Å². The highest BCUT2D eigenvalue weighted by Crippen LogP contribution is 2.32. The minimum absolute atomic E-state index is 0.188. The lowest BCUT2D eigenvalue weighted by Gasteiger charge is -2.15. The molecule has 1 saturated heterocycles. The van der Waals surface area contributed by atoms with Crippen molar-refractivity contribution in [3.05, 3.63) is 30.9 Å². The van der Waals surface area contributed by atoms with Gasteiger partial charge in [0.1, 0.15) is 31.9 Å². The molecule has 4 heterocycles. The number of urea groups is 1. The second-order valence-corrected chi connectivity index (χ2v) is 8.94. The van der Waals surface area contributed by atoms with Crippen LogP contribution in [-0.4, -0.2) is 107 Å². The van der Waals surface area contributed by atoms with E-state index in [1.165, 1.54) is 12.7 Å². The Morgan fingerprint density at radius 3 is 2.33 bits per heavy atom. The highest BCUT2D eigenvalue weighted by molar-refractivity contribution is 6.03. The predicted octanol–water partition coefficient (Wildman–Crippen LogP) is 0.932. The Kier molecular flexibility index (Phi) is 9.54. The van der Waals surface area contributed by atoms with Gasteiger partial charge in [-0.05, 0) is 12.1 Å². The zero-order valence-electron chi connectivity index (χ0n) is 21.7. The normalized spacial score (nSPS) is 22.8. The number of fused-ring (bicyclic) bond motifs is 2. The van der Waals surface area contributed by atoms with Gasteiger partial charge in [0.05, 0.1) is 58.7 Å². The Bertz CT molecular complexity index is 1270. The molecule has 2 amide bonds. The van der Waals surface area contributed by atoms with E-state index in [9.17, 15) is 15.0 Å². The number of aromatic nitrogens is 4. The van der Waals surface area contributed by atoms with Crippen LogP contribution in [0.2, 0.25) is 0 Å². The molecular formula is C25H32N6O9. The summed E-state index contributed by atoms with van der Waals surface area (Å²) in [7, 11) is 0. The quantitative estimate of drug-likeness (QED) is 0.355. The Morgan fingerprint density at radius 1 is 0.925 bits per heavy atom. The third-order valence-electron chi connectivity index (χ3n) is 6.20. The van der Waals surface area contributed by atoms with Crippen molar-refractivity contribution in [2.75, 3.05) is 70.1 Å². The van der Waals surface area contributed by atoms with Gasteiger partial charge in [0.2, 0.25) is 0 Å². The molecule has 0 saturated carbocycles. The summed E-state index contributed by atoms with van der Waals surface area (Å²) in [5, 5.41) is 24.9. The van der Waals surface area contributed by atoms with Crippen LogP contribution in [0.1, 0.15) is 12.6 Å². The van der Waals surface area contributed by atoms with Gasteiger partial charge in [-0.2, -0.15) is 0 Å². The van der Waals surface area contributed by atoms with E-state index in [1.807, 2.05) is 0 Å². The highest BCUT2D eigenvalue weighted by atomic mass is 16.6. The number of carbonyl (C=O) groups excluding carboxylic acids is 1. The number of hydrogen-bond acceptors (Lipinski definition) is 12. The Balaban J connectivity index is 1.25. The van der Waals surface area contributed by atoms with E-state index in [0.717, 1.165) is 0 Å². The van der Waals surface area contributed by atoms with Crippen LogP contribution in [-0.2, 0) is 18.9 Å². The van der Waals surface area contributed by atoms with E-state index in [4.69, 9.17) is 28.4 Å². The maximum Gasteiger partial charge on any atom is 0.324 e. The van der Waals surface area contributed by atoms with Crippen LogP contribution in [0.15, 0.2) is 30.9 Å². The summed E-state index contributed by atoms with van der Waals surface area (Å²) in [6, 6.07) is 4.48. The molecule has 1 aromatic carbocycles. The summed E-state index contributed by atoms with van der Waals surface area (Å²) in [6.45, 7) is 2.92. The molecule has 15 heteroatoms. The van der Waals surface area contributed by atoms with Crippen molar-refractivity contribution in [2.45, 2.75) is 24.9 Å². The second-order valence-electron chi connectivity index (χ2n) is 8.94. The molecule has 3 aromatic rings. The van der Waals surface area contributed by atoms with Crippen molar-refractivity contribution >= 4 is 28.7 Å². The number of amides is 2. The fourth-order valence-corrected chi connectivity index (χ4v) is 4.26. The molecule has 216 valence electrons. The predicted molar refractivity (Wildman–Crippen MR) is 139 cm³/mol. The fourth-order valence-electron chi connectivity index (χ4n) is 4.26. The Hall–Kier alpha value is -3.60. The zero-order chi connectivity index (χ0) is 27.7. The Labute approximate surface area is 229 Å². The van der Waals surface area contributed by atoms with Crippen molar-refractivity contribution in [3.63, 3.8) is 0 Å². The van der Waals surface area contributed by atoms with E-state index >= 15 is 0 Å². The summed E-state index contributed by atoms with van der Waals surface area (Å²) in [5.41, 5.74) is 1.21. The van der Waals surface area contributed by atoms with E-state index in [-0.39, 0.29) is 25.5 Å². The molecule has 2 aliphatic heterocycles. The van der Waals surface area contributed by atoms with Crippen molar-refractivity contribution in [3.8, 4) is 11.5 Å². The van der Waals surface area contributed by atoms with E-state index in [2.05, 4.69) is 25.6 Å². The van der Waals surface area contributed by atoms with Crippen molar-refractivity contribution in [1.82, 2.24) is 19.5 Å². The van der Waals surface area contributed by atoms with Crippen LogP contribution >= 0.6 is 0 Å². The number of carbonyl (C=O) groups is 1. The smallest absolute Gasteiger partial charge is 0.324 e. The van der Waals surface area contributed by atoms with Gasteiger partial charge < -0.3 is 44.0 Å². The minimum atomic E-state index is -0.811. The number of hydrogen-bond donors (Lipinski definition) is 4. The first-order valence-electron chi connectivity index (χ1n) is 12.9. The van der Waals surface area contributed by atoms with Crippen molar-refractivity contribution in [1.29, 1.82) is 0 Å². The summed E-state index contributed by atoms with van der Waals surface area (Å²) >= 11 is 0. The molecule has 15 nitrogen and oxygen atoms in total. The second kappa shape index (κ2) is 13.6. The van der Waals surface area contributed by atoms with Crippen LogP contribution in [0.4, 0.5) is 16.3 Å². The summed E-state index contributed by atoms with van der Waals surface area (Å²) in [6.07, 6.45) is 0.987. The lowest BCUT2D eigenvalue weighted by Crippen LogP contribution is -2.24. The molecule has 5 rings (SSSR count). The lowest BCUT2D eigenvalue weighted by molar-refractivity contribution is -0.0432. The van der Waals surface area contributed by atoms with Gasteiger partial charge in [-0.25, -0.2) is 19.7 Å². The molecule has 0 unspecified atom stereocenters. The number of ether oxygens (including phenoxy) is 6. The summed E-state index contributed by atoms with van der Waals surface area (Å²) in [4.78, 5) is 25.6. The average molecular weight is 561 g/mol. The van der Waals surface area contributed by atoms with Crippen LogP contribution in [0.25, 0.3) is 11.2 Å². The summed E-state index contributed by atoms with van der Waals surface area (Å²) in [5.74, 6) is 1.13. The monoisotopic (exact) mass is 560 g/mol. The first-order chi connectivity index (χ1) is 19.6. The molecule has 40 heavy (non-hydrogen) atoms. The first kappa shape index (κ1) is 27.9. The number of aliphatic hydroxyl groups is 2. The van der Waals surface area contributed by atoms with Gasteiger partial charge in [0.25, 0.3) is 0 Å². The molecule has 0 aliphatic carbocycles. The molecule has 0 bridgehead atoms. The number of anilines is 2. The minimum Gasteiger partial charge on any atom is -0.487 e. The van der Waals surface area contributed by atoms with Crippen LogP contribution in [0, 0.1) is 0 Å². The molecule has 2 aliphatic rings. The number of nitrogens with one attached hydrogen (secondary N) is 2. The SMILES string of the molecule is O=C(Nc1ccc2c(c1)OCCOCCOCCOCCO2)Nc1ncnc2c1ncn2[C@H]1C[C@H](O)[C@@H](CO)O1. The Morgan fingerprint density at radius 2 is 1.62 bits per heavy atom. The third-order valence-corrected chi connectivity index (χ3v) is 6.20. The third kappa shape index (κ3) is 6.93. The molecule has 4 N–H and O–H groups in total. The van der Waals surface area contributed by atoms with E-state index in [0.29, 0.717) is 74.6 Å². The van der Waals surface area contributed by atoms with Gasteiger partial charge in [-0.3, -0.25) is 9.88 Å². The number of rotatable bonds is 4. The maximum atomic E-state index is 12.9. The number of nitrogens with zero attached hydrogens (tertiary/aromatic N) is 4. The average Bonchev–Trinajstić information content (AvgIpc) is 3.55. The van der Waals surface area contributed by atoms with E-state index < -0.39 is 24.5 Å². The summed E-state index contributed by atoms with van der Waals surface area (Å²) < 4.78 is 35.4. The van der Waals surface area contributed by atoms with Crippen LogP contribution < -0.4 is 20.1 Å². The maximum absolute atomic E-state index is 12.9. The van der Waals surface area contributed by atoms with Crippen LogP contribution in [0.3, 0.4) is 0 Å². The topological polar surface area (TPSA) is 181 Å². The first-order valence-corrected chi connectivity index (χ1v) is 12.9.